The standard InChI is InChI=1S/C29H30Cl2FN3O/c1-18(20-6-3-2-4-7-20)33-29(36)27-24-9-5-8-21(16-19-10-13-23(32)14-11-19)28(24)35(34-27)26-15-12-22(30)17-25(26)31/h10-18,20H,2-9H2,1H3,(H,33,36)/b21-16+/t18-/m1/s1. The number of allylic oxidation sites excluding steroid dienone is 1. The van der Waals surface area contributed by atoms with E-state index >= 15 is 0 Å². The van der Waals surface area contributed by atoms with E-state index in [4.69, 9.17) is 28.3 Å². The Morgan fingerprint density at radius 3 is 2.56 bits per heavy atom. The molecule has 0 spiro atoms. The van der Waals surface area contributed by atoms with Gasteiger partial charge in [0, 0.05) is 16.6 Å². The molecule has 1 aromatic heterocycles. The molecule has 1 saturated carbocycles. The highest BCUT2D eigenvalue weighted by Crippen LogP contribution is 2.38. The molecule has 1 heterocycles. The molecule has 188 valence electrons. The van der Waals surface area contributed by atoms with Crippen LogP contribution in [0.2, 0.25) is 10.0 Å². The van der Waals surface area contributed by atoms with Crippen LogP contribution >= 0.6 is 23.2 Å². The van der Waals surface area contributed by atoms with Gasteiger partial charge in [0.15, 0.2) is 5.69 Å². The number of nitrogens with zero attached hydrogens (tertiary/aromatic N) is 2. The highest BCUT2D eigenvalue weighted by molar-refractivity contribution is 6.35. The van der Waals surface area contributed by atoms with Crippen LogP contribution in [0.3, 0.4) is 0 Å². The molecule has 7 heteroatoms. The van der Waals surface area contributed by atoms with E-state index in [-0.39, 0.29) is 17.8 Å². The number of aromatic nitrogens is 2. The van der Waals surface area contributed by atoms with Crippen molar-refractivity contribution < 1.29 is 9.18 Å². The van der Waals surface area contributed by atoms with Gasteiger partial charge in [0.1, 0.15) is 5.82 Å². The topological polar surface area (TPSA) is 46.9 Å². The number of nitrogens with one attached hydrogen (secondary N) is 1. The van der Waals surface area contributed by atoms with Crippen molar-refractivity contribution in [3.8, 4) is 5.69 Å². The Balaban J connectivity index is 1.57. The summed E-state index contributed by atoms with van der Waals surface area (Å²) in [6, 6.07) is 11.8. The average molecular weight is 526 g/mol. The van der Waals surface area contributed by atoms with Crippen LogP contribution in [-0.2, 0) is 6.42 Å². The maximum absolute atomic E-state index is 13.6. The minimum Gasteiger partial charge on any atom is -0.348 e. The first-order valence-corrected chi connectivity index (χ1v) is 13.5. The van der Waals surface area contributed by atoms with Crippen molar-refractivity contribution in [2.75, 3.05) is 0 Å². The molecule has 1 fully saturated rings. The molecule has 0 unspecified atom stereocenters. The van der Waals surface area contributed by atoms with Crippen molar-refractivity contribution in [2.45, 2.75) is 64.3 Å². The second-order valence-electron chi connectivity index (χ2n) is 9.92. The minimum atomic E-state index is -0.273. The second-order valence-corrected chi connectivity index (χ2v) is 10.8. The van der Waals surface area contributed by atoms with Gasteiger partial charge in [-0.15, -0.1) is 0 Å². The molecule has 2 aromatic carbocycles. The van der Waals surface area contributed by atoms with Crippen molar-refractivity contribution in [1.29, 1.82) is 0 Å². The third-order valence-corrected chi connectivity index (χ3v) is 7.98. The second kappa shape index (κ2) is 10.8. The highest BCUT2D eigenvalue weighted by Gasteiger charge is 2.30. The van der Waals surface area contributed by atoms with Gasteiger partial charge in [-0.3, -0.25) is 4.79 Å². The SMILES string of the molecule is C[C@@H](NC(=O)c1nn(-c2ccc(Cl)cc2Cl)c2c1CCC/C2=C\c1ccc(F)cc1)C1CCCCC1. The number of fused-ring (bicyclic) bond motifs is 1. The van der Waals surface area contributed by atoms with E-state index < -0.39 is 0 Å². The van der Waals surface area contributed by atoms with Crippen LogP contribution in [0.15, 0.2) is 42.5 Å². The first-order valence-electron chi connectivity index (χ1n) is 12.8. The first kappa shape index (κ1) is 25.0. The van der Waals surface area contributed by atoms with Gasteiger partial charge in [0.25, 0.3) is 5.91 Å². The number of halogens is 3. The number of amides is 1. The lowest BCUT2D eigenvalue weighted by Gasteiger charge is -2.28. The molecule has 2 aliphatic rings. The maximum Gasteiger partial charge on any atom is 0.272 e. The van der Waals surface area contributed by atoms with E-state index in [0.29, 0.717) is 27.3 Å². The number of hydrogen-bond acceptors (Lipinski definition) is 2. The van der Waals surface area contributed by atoms with E-state index in [0.717, 1.165) is 54.5 Å². The molecule has 1 atom stereocenters. The number of rotatable bonds is 5. The van der Waals surface area contributed by atoms with Crippen LogP contribution in [0, 0.1) is 11.7 Å². The van der Waals surface area contributed by atoms with Gasteiger partial charge < -0.3 is 5.32 Å². The fraction of sp³-hybridized carbons (Fsp3) is 0.379. The summed E-state index contributed by atoms with van der Waals surface area (Å²) in [6.45, 7) is 2.10. The molecular formula is C29H30Cl2FN3O. The van der Waals surface area contributed by atoms with Crippen LogP contribution in [0.4, 0.5) is 4.39 Å². The van der Waals surface area contributed by atoms with Crippen molar-refractivity contribution >= 4 is 40.8 Å². The van der Waals surface area contributed by atoms with Crippen molar-refractivity contribution in [3.63, 3.8) is 0 Å². The third kappa shape index (κ3) is 5.23. The van der Waals surface area contributed by atoms with Gasteiger partial charge in [-0.05, 0) is 92.5 Å². The summed E-state index contributed by atoms with van der Waals surface area (Å²) in [7, 11) is 0. The molecular weight excluding hydrogens is 496 g/mol. The monoisotopic (exact) mass is 525 g/mol. The summed E-state index contributed by atoms with van der Waals surface area (Å²) < 4.78 is 15.3. The highest BCUT2D eigenvalue weighted by atomic mass is 35.5. The molecule has 5 rings (SSSR count). The molecule has 36 heavy (non-hydrogen) atoms. The van der Waals surface area contributed by atoms with Gasteiger partial charge in [-0.1, -0.05) is 54.6 Å². The Morgan fingerprint density at radius 1 is 1.08 bits per heavy atom. The Kier molecular flexibility index (Phi) is 7.49. The zero-order valence-corrected chi connectivity index (χ0v) is 21.9. The van der Waals surface area contributed by atoms with Crippen molar-refractivity contribution in [1.82, 2.24) is 15.1 Å². The lowest BCUT2D eigenvalue weighted by Crippen LogP contribution is -2.39. The van der Waals surface area contributed by atoms with Crippen LogP contribution in [0.5, 0.6) is 0 Å². The summed E-state index contributed by atoms with van der Waals surface area (Å²) in [4.78, 5) is 13.6. The molecule has 0 bridgehead atoms. The first-order chi connectivity index (χ1) is 17.4. The normalized spacial score (nSPS) is 18.2. The molecule has 0 saturated heterocycles. The summed E-state index contributed by atoms with van der Waals surface area (Å²) >= 11 is 12.8. The molecule has 1 N–H and O–H groups in total. The molecule has 2 aliphatic carbocycles. The van der Waals surface area contributed by atoms with Gasteiger partial charge in [0.2, 0.25) is 0 Å². The predicted molar refractivity (Wildman–Crippen MR) is 144 cm³/mol. The molecule has 4 nitrogen and oxygen atoms in total. The van der Waals surface area contributed by atoms with Gasteiger partial charge in [0.05, 0.1) is 16.4 Å². The van der Waals surface area contributed by atoms with Crippen LogP contribution in [0.25, 0.3) is 17.3 Å². The fourth-order valence-electron chi connectivity index (χ4n) is 5.53. The third-order valence-electron chi connectivity index (χ3n) is 7.44. The minimum absolute atomic E-state index is 0.0931. The summed E-state index contributed by atoms with van der Waals surface area (Å²) in [5.74, 6) is 0.0851. The average Bonchev–Trinajstić information content (AvgIpc) is 3.26. The van der Waals surface area contributed by atoms with E-state index in [1.165, 1.54) is 31.4 Å². The molecule has 3 aromatic rings. The summed E-state index contributed by atoms with van der Waals surface area (Å²) in [5, 5.41) is 9.07. The van der Waals surface area contributed by atoms with Gasteiger partial charge in [-0.2, -0.15) is 5.10 Å². The van der Waals surface area contributed by atoms with E-state index in [1.54, 1.807) is 28.9 Å². The quantitative estimate of drug-likeness (QED) is 0.368. The van der Waals surface area contributed by atoms with Crippen LogP contribution in [-0.4, -0.2) is 21.7 Å². The predicted octanol–water partition coefficient (Wildman–Crippen LogP) is 7.89. The largest absolute Gasteiger partial charge is 0.348 e. The number of carbonyl (C=O) groups excluding carboxylic acids is 1. The fourth-order valence-corrected chi connectivity index (χ4v) is 6.02. The van der Waals surface area contributed by atoms with E-state index in [9.17, 15) is 9.18 Å². The summed E-state index contributed by atoms with van der Waals surface area (Å²) in [5.41, 5.74) is 4.86. The smallest absolute Gasteiger partial charge is 0.272 e. The maximum atomic E-state index is 13.6. The van der Waals surface area contributed by atoms with Crippen molar-refractivity contribution in [2.24, 2.45) is 5.92 Å². The van der Waals surface area contributed by atoms with Crippen LogP contribution < -0.4 is 5.32 Å². The van der Waals surface area contributed by atoms with E-state index in [1.807, 2.05) is 12.1 Å². The van der Waals surface area contributed by atoms with Crippen molar-refractivity contribution in [3.05, 3.63) is 80.8 Å². The number of benzene rings is 2. The lowest BCUT2D eigenvalue weighted by atomic mass is 9.84. The van der Waals surface area contributed by atoms with Gasteiger partial charge in [-0.25, -0.2) is 9.07 Å². The zero-order chi connectivity index (χ0) is 25.2. The Labute approximate surface area is 221 Å². The lowest BCUT2D eigenvalue weighted by molar-refractivity contribution is 0.0912. The molecule has 1 amide bonds. The Bertz CT molecular complexity index is 1290. The Morgan fingerprint density at radius 2 is 1.83 bits per heavy atom. The summed E-state index contributed by atoms with van der Waals surface area (Å²) in [6.07, 6.45) is 10.5. The molecule has 0 radical (unpaired) electrons. The zero-order valence-electron chi connectivity index (χ0n) is 20.4. The Hall–Kier alpha value is -2.63. The number of hydrogen-bond donors (Lipinski definition) is 1. The van der Waals surface area contributed by atoms with Crippen LogP contribution in [0.1, 0.15) is 79.2 Å². The molecule has 0 aliphatic heterocycles. The number of carbonyl (C=O) groups is 1. The van der Waals surface area contributed by atoms with E-state index in [2.05, 4.69) is 12.2 Å². The van der Waals surface area contributed by atoms with Gasteiger partial charge >= 0.3 is 0 Å².